The van der Waals surface area contributed by atoms with E-state index in [1.54, 1.807) is 32.3 Å². The molecule has 0 saturated heterocycles. The van der Waals surface area contributed by atoms with Crippen LogP contribution in [0, 0.1) is 0 Å². The summed E-state index contributed by atoms with van der Waals surface area (Å²) >= 11 is 0. The third kappa shape index (κ3) is 9.55. The molecule has 1 saturated carbocycles. The fourth-order valence-electron chi connectivity index (χ4n) is 3.52. The number of aliphatic hydroxyl groups excluding tert-OH is 1. The Labute approximate surface area is 230 Å². The van der Waals surface area contributed by atoms with Crippen molar-refractivity contribution in [3.63, 3.8) is 0 Å². The molecule has 224 valence electrons. The Bertz CT molecular complexity index is 1150. The second kappa shape index (κ2) is 14.6. The Balaban J connectivity index is 1.55. The number of ether oxygens (including phenoxy) is 5. The van der Waals surface area contributed by atoms with Crippen molar-refractivity contribution in [2.75, 3.05) is 24.9 Å². The molecule has 3 N–H and O–H groups in total. The van der Waals surface area contributed by atoms with Crippen LogP contribution in [0.4, 0.5) is 15.4 Å². The lowest BCUT2D eigenvalue weighted by Gasteiger charge is -2.26. The first-order chi connectivity index (χ1) is 19.0. The Kier molecular flexibility index (Phi) is 11.5. The number of imidazole rings is 1. The SMILES string of the molecule is CC(C)OC(=O)OC(OC(=O)OC(C)C)OP(=O)(O)COCCC(CO)n1cnc2c(NC3CCC3)ncnc21. The number of carbonyl (C=O) groups is 2. The van der Waals surface area contributed by atoms with Gasteiger partial charge < -0.3 is 43.6 Å². The van der Waals surface area contributed by atoms with Gasteiger partial charge in [-0.15, -0.1) is 0 Å². The molecule has 2 heterocycles. The van der Waals surface area contributed by atoms with Gasteiger partial charge >= 0.3 is 26.4 Å². The molecule has 2 atom stereocenters. The van der Waals surface area contributed by atoms with Crippen LogP contribution in [-0.4, -0.2) is 86.1 Å². The predicted molar refractivity (Wildman–Crippen MR) is 138 cm³/mol. The summed E-state index contributed by atoms with van der Waals surface area (Å²) in [6.07, 6.45) is 1.86. The maximum atomic E-state index is 12.6. The van der Waals surface area contributed by atoms with Crippen LogP contribution in [0.2, 0.25) is 0 Å². The summed E-state index contributed by atoms with van der Waals surface area (Å²) in [7, 11) is -4.61. The lowest BCUT2D eigenvalue weighted by molar-refractivity contribution is -0.209. The summed E-state index contributed by atoms with van der Waals surface area (Å²) in [5.41, 5.74) is 1.09. The number of fused-ring (bicyclic) bond motifs is 1. The van der Waals surface area contributed by atoms with Crippen LogP contribution in [0.5, 0.6) is 0 Å². The molecular formula is C23H36N5O11P. The number of anilines is 1. The number of aliphatic hydroxyl groups is 1. The zero-order valence-electron chi connectivity index (χ0n) is 22.8. The zero-order chi connectivity index (χ0) is 29.3. The van der Waals surface area contributed by atoms with E-state index in [-0.39, 0.29) is 19.6 Å². The topological polar surface area (TPSA) is 203 Å². The molecule has 2 aromatic rings. The molecule has 1 aliphatic carbocycles. The molecule has 16 nitrogen and oxygen atoms in total. The lowest BCUT2D eigenvalue weighted by atomic mass is 9.93. The zero-order valence-corrected chi connectivity index (χ0v) is 23.7. The highest BCUT2D eigenvalue weighted by Crippen LogP contribution is 2.44. The minimum atomic E-state index is -4.61. The van der Waals surface area contributed by atoms with Gasteiger partial charge in [-0.05, 0) is 53.4 Å². The molecule has 0 bridgehead atoms. The van der Waals surface area contributed by atoms with E-state index in [2.05, 4.69) is 20.3 Å². The van der Waals surface area contributed by atoms with E-state index in [0.29, 0.717) is 23.0 Å². The molecule has 17 heteroatoms. The van der Waals surface area contributed by atoms with Crippen molar-refractivity contribution in [2.24, 2.45) is 0 Å². The van der Waals surface area contributed by atoms with Gasteiger partial charge in [-0.1, -0.05) is 0 Å². The summed E-state index contributed by atoms with van der Waals surface area (Å²) in [5.74, 6) is 0.619. The molecule has 0 aliphatic heterocycles. The van der Waals surface area contributed by atoms with E-state index < -0.39 is 51.0 Å². The van der Waals surface area contributed by atoms with Crippen LogP contribution in [0.1, 0.15) is 59.4 Å². The molecular weight excluding hydrogens is 553 g/mol. The average molecular weight is 590 g/mol. The summed E-state index contributed by atoms with van der Waals surface area (Å²) in [6, 6.07) is -0.162. The van der Waals surface area contributed by atoms with Gasteiger partial charge in [0.05, 0.1) is 31.2 Å². The van der Waals surface area contributed by atoms with E-state index in [9.17, 15) is 24.2 Å². The molecule has 0 radical (unpaired) electrons. The van der Waals surface area contributed by atoms with E-state index in [4.69, 9.17) is 28.2 Å². The molecule has 1 fully saturated rings. The molecule has 3 rings (SSSR count). The van der Waals surface area contributed by atoms with E-state index in [0.717, 1.165) is 19.3 Å². The number of nitrogens with zero attached hydrogens (tertiary/aromatic N) is 4. The van der Waals surface area contributed by atoms with Crippen molar-refractivity contribution in [3.8, 4) is 0 Å². The average Bonchev–Trinajstić information content (AvgIpc) is 3.24. The van der Waals surface area contributed by atoms with Gasteiger partial charge in [-0.2, -0.15) is 0 Å². The Morgan fingerprint density at radius 2 is 1.73 bits per heavy atom. The molecule has 1 aliphatic rings. The van der Waals surface area contributed by atoms with Crippen LogP contribution >= 0.6 is 7.60 Å². The summed E-state index contributed by atoms with van der Waals surface area (Å²) in [6.45, 7) is 3.58. The smallest absolute Gasteiger partial charge is 0.431 e. The van der Waals surface area contributed by atoms with Gasteiger partial charge in [-0.25, -0.2) is 29.1 Å². The molecule has 0 amide bonds. The van der Waals surface area contributed by atoms with Crippen molar-refractivity contribution < 1.29 is 52.4 Å². The number of nitrogens with one attached hydrogen (secondary N) is 1. The molecule has 2 unspecified atom stereocenters. The van der Waals surface area contributed by atoms with Crippen LogP contribution < -0.4 is 5.32 Å². The third-order valence-electron chi connectivity index (χ3n) is 5.56. The highest BCUT2D eigenvalue weighted by molar-refractivity contribution is 7.52. The molecule has 0 spiro atoms. The molecule has 40 heavy (non-hydrogen) atoms. The maximum Gasteiger partial charge on any atom is 0.513 e. The Morgan fingerprint density at radius 1 is 1.07 bits per heavy atom. The second-order valence-electron chi connectivity index (χ2n) is 9.58. The minimum Gasteiger partial charge on any atom is -0.431 e. The van der Waals surface area contributed by atoms with E-state index in [1.165, 1.54) is 12.7 Å². The fraction of sp³-hybridized carbons (Fsp3) is 0.696. The van der Waals surface area contributed by atoms with Crippen LogP contribution in [-0.2, 0) is 32.8 Å². The number of carbonyl (C=O) groups excluding carboxylic acids is 2. The minimum absolute atomic E-state index is 0.0752. The second-order valence-corrected chi connectivity index (χ2v) is 11.3. The van der Waals surface area contributed by atoms with Gasteiger partial charge in [0.25, 0.3) is 0 Å². The highest BCUT2D eigenvalue weighted by atomic mass is 31.2. The van der Waals surface area contributed by atoms with E-state index >= 15 is 0 Å². The van der Waals surface area contributed by atoms with Crippen LogP contribution in [0.25, 0.3) is 11.2 Å². The van der Waals surface area contributed by atoms with Gasteiger partial charge in [0.15, 0.2) is 11.5 Å². The number of hydrogen-bond acceptors (Lipinski definition) is 14. The Morgan fingerprint density at radius 3 is 2.27 bits per heavy atom. The van der Waals surface area contributed by atoms with Crippen molar-refractivity contribution in [1.29, 1.82) is 0 Å². The standard InChI is InChI=1S/C23H36N5O11P/c1-14(2)35-21(30)37-23(38-22(31)36-15(3)4)39-40(32,33)13-34-9-8-17(10-29)28-12-26-18-19(24-11-25-20(18)28)27-16-6-5-7-16/h11-12,14-17,23,29H,5-10,13H2,1-4H3,(H,32,33)(H,24,25,27). The number of hydrogen-bond donors (Lipinski definition) is 3. The third-order valence-corrected chi connectivity index (χ3v) is 6.57. The normalized spacial score (nSPS) is 16.0. The molecule has 0 aromatic carbocycles. The summed E-state index contributed by atoms with van der Waals surface area (Å²) in [5, 5.41) is 13.3. The number of rotatable bonds is 15. The summed E-state index contributed by atoms with van der Waals surface area (Å²) < 4.78 is 43.3. The highest BCUT2D eigenvalue weighted by Gasteiger charge is 2.32. The van der Waals surface area contributed by atoms with Crippen LogP contribution in [0.3, 0.4) is 0 Å². The van der Waals surface area contributed by atoms with Crippen molar-refractivity contribution in [3.05, 3.63) is 12.7 Å². The van der Waals surface area contributed by atoms with Crippen molar-refractivity contribution in [2.45, 2.75) is 84.1 Å². The Hall–Kier alpha value is -3.04. The van der Waals surface area contributed by atoms with Crippen LogP contribution in [0.15, 0.2) is 12.7 Å². The summed E-state index contributed by atoms with van der Waals surface area (Å²) in [4.78, 5) is 46.8. The number of aromatic nitrogens is 4. The predicted octanol–water partition coefficient (Wildman–Crippen LogP) is 3.30. The van der Waals surface area contributed by atoms with Gasteiger partial charge in [0, 0.05) is 12.6 Å². The first-order valence-corrected chi connectivity index (χ1v) is 14.6. The quantitative estimate of drug-likeness (QED) is 0.118. The monoisotopic (exact) mass is 589 g/mol. The van der Waals surface area contributed by atoms with Crippen molar-refractivity contribution in [1.82, 2.24) is 19.5 Å². The fourth-order valence-corrected chi connectivity index (χ4v) is 4.29. The largest absolute Gasteiger partial charge is 0.513 e. The lowest BCUT2D eigenvalue weighted by Crippen LogP contribution is -2.29. The maximum absolute atomic E-state index is 12.6. The van der Waals surface area contributed by atoms with Gasteiger partial charge in [-0.3, -0.25) is 4.57 Å². The molecule has 2 aromatic heterocycles. The first kappa shape index (κ1) is 31.5. The van der Waals surface area contributed by atoms with Gasteiger partial charge in [0.2, 0.25) is 0 Å². The van der Waals surface area contributed by atoms with Crippen molar-refractivity contribution >= 4 is 36.9 Å². The van der Waals surface area contributed by atoms with Gasteiger partial charge in [0.1, 0.15) is 18.2 Å². The van der Waals surface area contributed by atoms with E-state index in [1.807, 2.05) is 0 Å². The first-order valence-electron chi connectivity index (χ1n) is 12.8.